The molecule has 1 amide bonds. The maximum Gasteiger partial charge on any atom is 0.273 e. The molecule has 150 valence electrons. The van der Waals surface area contributed by atoms with Gasteiger partial charge in [-0.15, -0.1) is 0 Å². The molecular formula is C21H22ClN5O2. The van der Waals surface area contributed by atoms with Gasteiger partial charge < -0.3 is 14.6 Å². The molecule has 1 aromatic carbocycles. The van der Waals surface area contributed by atoms with Gasteiger partial charge in [0.25, 0.3) is 5.91 Å². The van der Waals surface area contributed by atoms with Crippen molar-refractivity contribution in [3.05, 3.63) is 77.2 Å². The van der Waals surface area contributed by atoms with Crippen LogP contribution in [0.5, 0.6) is 0 Å². The van der Waals surface area contributed by atoms with Crippen molar-refractivity contribution in [3.8, 4) is 0 Å². The lowest BCUT2D eigenvalue weighted by Crippen LogP contribution is -2.46. The molecule has 4 rings (SSSR count). The number of halogens is 1. The van der Waals surface area contributed by atoms with Crippen molar-refractivity contribution in [1.82, 2.24) is 20.2 Å². The number of nitrogens with one attached hydrogen (secondary N) is 1. The van der Waals surface area contributed by atoms with Crippen molar-refractivity contribution in [2.24, 2.45) is 0 Å². The second-order valence-electron chi connectivity index (χ2n) is 6.90. The van der Waals surface area contributed by atoms with Gasteiger partial charge in [0.05, 0.1) is 6.54 Å². The third-order valence-electron chi connectivity index (χ3n) is 4.91. The van der Waals surface area contributed by atoms with E-state index in [2.05, 4.69) is 25.1 Å². The maximum atomic E-state index is 12.3. The Kier molecular flexibility index (Phi) is 6.07. The second kappa shape index (κ2) is 9.07. The van der Waals surface area contributed by atoms with Crippen LogP contribution >= 0.6 is 11.6 Å². The van der Waals surface area contributed by atoms with E-state index in [0.717, 1.165) is 36.8 Å². The van der Waals surface area contributed by atoms with E-state index in [1.54, 1.807) is 12.4 Å². The Bertz CT molecular complexity index is 937. The predicted octanol–water partition coefficient (Wildman–Crippen LogP) is 2.98. The van der Waals surface area contributed by atoms with E-state index in [4.69, 9.17) is 16.0 Å². The molecule has 1 N–H and O–H groups in total. The minimum absolute atomic E-state index is 0.246. The first-order chi connectivity index (χ1) is 14.2. The number of hydrogen-bond donors (Lipinski definition) is 1. The van der Waals surface area contributed by atoms with Crippen LogP contribution in [0.25, 0.3) is 0 Å². The third kappa shape index (κ3) is 5.13. The number of anilines is 1. The average molecular weight is 412 g/mol. The fraction of sp³-hybridized carbons (Fsp3) is 0.286. The second-order valence-corrected chi connectivity index (χ2v) is 7.34. The van der Waals surface area contributed by atoms with Crippen molar-refractivity contribution in [1.29, 1.82) is 0 Å². The van der Waals surface area contributed by atoms with Crippen LogP contribution in [0.2, 0.25) is 5.02 Å². The number of rotatable bonds is 6. The van der Waals surface area contributed by atoms with Crippen molar-refractivity contribution in [2.45, 2.75) is 13.1 Å². The van der Waals surface area contributed by atoms with E-state index in [0.29, 0.717) is 24.7 Å². The molecule has 29 heavy (non-hydrogen) atoms. The molecule has 7 nitrogen and oxygen atoms in total. The van der Waals surface area contributed by atoms with Crippen molar-refractivity contribution in [3.63, 3.8) is 0 Å². The minimum atomic E-state index is -0.246. The number of carbonyl (C=O) groups excluding carboxylic acids is 1. The molecule has 0 aliphatic carbocycles. The van der Waals surface area contributed by atoms with Crippen LogP contribution in [0, 0.1) is 0 Å². The SMILES string of the molecule is O=C(NCc1ccncc1)c1coc(CN2CCN(c3ccc(Cl)cc3)CC2)n1. The Balaban J connectivity index is 1.26. The normalized spacial score (nSPS) is 14.7. The van der Waals surface area contributed by atoms with E-state index in [1.165, 1.54) is 12.0 Å². The molecule has 1 aliphatic heterocycles. The highest BCUT2D eigenvalue weighted by Crippen LogP contribution is 2.20. The molecule has 0 bridgehead atoms. The zero-order valence-electron chi connectivity index (χ0n) is 15.9. The number of amides is 1. The molecule has 0 unspecified atom stereocenters. The standard InChI is InChI=1S/C21H22ClN5O2/c22-17-1-3-18(4-2-17)27-11-9-26(10-12-27)14-20-25-19(15-29-20)21(28)24-13-16-5-7-23-8-6-16/h1-8,15H,9-14H2,(H,24,28). The summed E-state index contributed by atoms with van der Waals surface area (Å²) in [6, 6.07) is 11.6. The number of aromatic nitrogens is 2. The smallest absolute Gasteiger partial charge is 0.273 e. The van der Waals surface area contributed by atoms with E-state index >= 15 is 0 Å². The van der Waals surface area contributed by atoms with Gasteiger partial charge in [-0.05, 0) is 42.0 Å². The molecule has 3 aromatic rings. The van der Waals surface area contributed by atoms with Crippen LogP contribution in [0.4, 0.5) is 5.69 Å². The molecule has 0 radical (unpaired) electrons. The largest absolute Gasteiger partial charge is 0.447 e. The number of carbonyl (C=O) groups is 1. The average Bonchev–Trinajstić information content (AvgIpc) is 3.23. The lowest BCUT2D eigenvalue weighted by molar-refractivity contribution is 0.0945. The van der Waals surface area contributed by atoms with E-state index in [9.17, 15) is 4.79 Å². The quantitative estimate of drug-likeness (QED) is 0.672. The maximum absolute atomic E-state index is 12.3. The first kappa shape index (κ1) is 19.4. The molecule has 0 saturated carbocycles. The van der Waals surface area contributed by atoms with E-state index in [-0.39, 0.29) is 5.91 Å². The number of piperazine rings is 1. The zero-order chi connectivity index (χ0) is 20.1. The Morgan fingerprint density at radius 3 is 2.52 bits per heavy atom. The van der Waals surface area contributed by atoms with Crippen molar-refractivity contribution < 1.29 is 9.21 Å². The van der Waals surface area contributed by atoms with Crippen molar-refractivity contribution >= 4 is 23.2 Å². The lowest BCUT2D eigenvalue weighted by Gasteiger charge is -2.35. The highest BCUT2D eigenvalue weighted by molar-refractivity contribution is 6.30. The molecule has 0 atom stereocenters. The number of pyridine rings is 1. The lowest BCUT2D eigenvalue weighted by atomic mass is 10.2. The number of hydrogen-bond acceptors (Lipinski definition) is 6. The minimum Gasteiger partial charge on any atom is -0.447 e. The van der Waals surface area contributed by atoms with Gasteiger partial charge in [0.2, 0.25) is 5.89 Å². The summed E-state index contributed by atoms with van der Waals surface area (Å²) in [4.78, 5) is 25.2. The van der Waals surface area contributed by atoms with Gasteiger partial charge >= 0.3 is 0 Å². The fourth-order valence-electron chi connectivity index (χ4n) is 3.27. The Morgan fingerprint density at radius 2 is 1.79 bits per heavy atom. The van der Waals surface area contributed by atoms with Crippen LogP contribution < -0.4 is 10.2 Å². The molecule has 1 fully saturated rings. The molecule has 1 aliphatic rings. The van der Waals surface area contributed by atoms with Gasteiger partial charge in [-0.1, -0.05) is 11.6 Å². The van der Waals surface area contributed by atoms with Crippen LogP contribution in [-0.2, 0) is 13.1 Å². The monoisotopic (exact) mass is 411 g/mol. The molecular weight excluding hydrogens is 390 g/mol. The predicted molar refractivity (Wildman–Crippen MR) is 111 cm³/mol. The van der Waals surface area contributed by atoms with Gasteiger partial charge in [-0.25, -0.2) is 4.98 Å². The molecule has 8 heteroatoms. The Labute approximate surface area is 174 Å². The zero-order valence-corrected chi connectivity index (χ0v) is 16.7. The molecule has 1 saturated heterocycles. The fourth-order valence-corrected chi connectivity index (χ4v) is 3.39. The summed E-state index contributed by atoms with van der Waals surface area (Å²) in [6.07, 6.45) is 4.81. The molecule has 3 heterocycles. The highest BCUT2D eigenvalue weighted by atomic mass is 35.5. The highest BCUT2D eigenvalue weighted by Gasteiger charge is 2.20. The first-order valence-corrected chi connectivity index (χ1v) is 9.89. The summed E-state index contributed by atoms with van der Waals surface area (Å²) in [6.45, 7) is 4.65. The first-order valence-electron chi connectivity index (χ1n) is 9.52. The van der Waals surface area contributed by atoms with Gasteiger partial charge in [-0.3, -0.25) is 14.7 Å². The summed E-state index contributed by atoms with van der Waals surface area (Å²) in [7, 11) is 0. The van der Waals surface area contributed by atoms with Crippen LogP contribution in [0.15, 0.2) is 59.5 Å². The van der Waals surface area contributed by atoms with Gasteiger partial charge in [-0.2, -0.15) is 0 Å². The summed E-state index contributed by atoms with van der Waals surface area (Å²) in [5.41, 5.74) is 2.46. The third-order valence-corrected chi connectivity index (χ3v) is 5.16. The van der Waals surface area contributed by atoms with E-state index < -0.39 is 0 Å². The van der Waals surface area contributed by atoms with E-state index in [1.807, 2.05) is 36.4 Å². The Morgan fingerprint density at radius 1 is 1.07 bits per heavy atom. The van der Waals surface area contributed by atoms with Crippen molar-refractivity contribution in [2.75, 3.05) is 31.1 Å². The molecule has 0 spiro atoms. The van der Waals surface area contributed by atoms with Crippen LogP contribution in [-0.4, -0.2) is 47.0 Å². The Hall–Kier alpha value is -2.90. The number of benzene rings is 1. The van der Waals surface area contributed by atoms with Gasteiger partial charge in [0.1, 0.15) is 6.26 Å². The summed E-state index contributed by atoms with van der Waals surface area (Å²) < 4.78 is 5.51. The summed E-state index contributed by atoms with van der Waals surface area (Å²) >= 11 is 5.96. The van der Waals surface area contributed by atoms with Crippen LogP contribution in [0.3, 0.4) is 0 Å². The number of nitrogens with zero attached hydrogens (tertiary/aromatic N) is 4. The summed E-state index contributed by atoms with van der Waals surface area (Å²) in [5.74, 6) is 0.309. The van der Waals surface area contributed by atoms with Gasteiger partial charge in [0.15, 0.2) is 5.69 Å². The van der Waals surface area contributed by atoms with Gasteiger partial charge in [0, 0.05) is 55.8 Å². The number of oxazole rings is 1. The molecule has 2 aromatic heterocycles. The van der Waals surface area contributed by atoms with Crippen LogP contribution in [0.1, 0.15) is 21.9 Å². The topological polar surface area (TPSA) is 74.5 Å². The summed E-state index contributed by atoms with van der Waals surface area (Å²) in [5, 5.41) is 3.59.